The van der Waals surface area contributed by atoms with E-state index in [0.29, 0.717) is 11.1 Å². The minimum absolute atomic E-state index is 0.364. The molecule has 0 spiro atoms. The number of rotatable bonds is 1. The average Bonchev–Trinajstić information content (AvgIpc) is 2.20. The van der Waals surface area contributed by atoms with Gasteiger partial charge in [-0.2, -0.15) is 0 Å². The summed E-state index contributed by atoms with van der Waals surface area (Å²) in [5.74, 6) is -0.364. The van der Waals surface area contributed by atoms with Gasteiger partial charge in [0.2, 0.25) is 0 Å². The molecule has 0 aliphatic rings. The quantitative estimate of drug-likeness (QED) is 0.661. The van der Waals surface area contributed by atoms with Crippen LogP contribution in [-0.4, -0.2) is 15.0 Å². The molecule has 0 bridgehead atoms. The summed E-state index contributed by atoms with van der Waals surface area (Å²) in [6.07, 6.45) is 7.23. The van der Waals surface area contributed by atoms with Gasteiger partial charge in [-0.1, -0.05) is 0 Å². The van der Waals surface area contributed by atoms with Gasteiger partial charge in [-0.05, 0) is 6.07 Å². The molecule has 0 N–H and O–H groups in total. The SMILES string of the molecule is Fc1cnccc1-c1cncnc1. The lowest BCUT2D eigenvalue weighted by Crippen LogP contribution is -1.87. The van der Waals surface area contributed by atoms with Crippen LogP contribution in [0.1, 0.15) is 0 Å². The third-order valence-corrected chi connectivity index (χ3v) is 1.64. The fourth-order valence-corrected chi connectivity index (χ4v) is 1.05. The molecule has 0 radical (unpaired) electrons. The fraction of sp³-hybridized carbons (Fsp3) is 0. The predicted molar refractivity (Wildman–Crippen MR) is 45.2 cm³/mol. The van der Waals surface area contributed by atoms with Crippen LogP contribution >= 0.6 is 0 Å². The van der Waals surface area contributed by atoms with E-state index in [2.05, 4.69) is 15.0 Å². The standard InChI is InChI=1S/C9H6FN3/c10-9-5-11-2-1-8(9)7-3-12-6-13-4-7/h1-6H. The van der Waals surface area contributed by atoms with Crippen LogP contribution in [0.2, 0.25) is 0 Å². The van der Waals surface area contributed by atoms with Crippen LogP contribution in [0.15, 0.2) is 37.2 Å². The molecule has 3 nitrogen and oxygen atoms in total. The molecule has 2 aromatic heterocycles. The van der Waals surface area contributed by atoms with Gasteiger partial charge in [0, 0.05) is 29.7 Å². The van der Waals surface area contributed by atoms with Crippen molar-refractivity contribution < 1.29 is 4.39 Å². The number of hydrogen-bond donors (Lipinski definition) is 0. The van der Waals surface area contributed by atoms with Crippen molar-refractivity contribution in [1.29, 1.82) is 0 Å². The molecule has 0 aliphatic carbocycles. The molecule has 0 unspecified atom stereocenters. The smallest absolute Gasteiger partial charge is 0.149 e. The summed E-state index contributed by atoms with van der Waals surface area (Å²) in [5.41, 5.74) is 1.12. The summed E-state index contributed by atoms with van der Waals surface area (Å²) in [5, 5.41) is 0. The summed E-state index contributed by atoms with van der Waals surface area (Å²) in [7, 11) is 0. The second-order valence-electron chi connectivity index (χ2n) is 2.48. The number of aromatic nitrogens is 3. The first-order valence-corrected chi connectivity index (χ1v) is 3.73. The molecule has 0 fully saturated rings. The highest BCUT2D eigenvalue weighted by atomic mass is 19.1. The third kappa shape index (κ3) is 1.51. The largest absolute Gasteiger partial charge is 0.262 e. The topological polar surface area (TPSA) is 38.7 Å². The van der Waals surface area contributed by atoms with Gasteiger partial charge in [0.05, 0.1) is 6.20 Å². The molecule has 0 amide bonds. The molecule has 0 saturated heterocycles. The minimum Gasteiger partial charge on any atom is -0.262 e. The Hall–Kier alpha value is -1.84. The summed E-state index contributed by atoms with van der Waals surface area (Å²) < 4.78 is 13.2. The first-order valence-electron chi connectivity index (χ1n) is 3.73. The van der Waals surface area contributed by atoms with Gasteiger partial charge < -0.3 is 0 Å². The maximum absolute atomic E-state index is 13.2. The van der Waals surface area contributed by atoms with Crippen LogP contribution in [0.4, 0.5) is 4.39 Å². The van der Waals surface area contributed by atoms with Crippen molar-refractivity contribution in [2.75, 3.05) is 0 Å². The van der Waals surface area contributed by atoms with Crippen molar-refractivity contribution >= 4 is 0 Å². The zero-order valence-electron chi connectivity index (χ0n) is 6.68. The molecule has 0 aromatic carbocycles. The van der Waals surface area contributed by atoms with E-state index in [1.54, 1.807) is 18.5 Å². The Bertz CT molecular complexity index is 403. The fourth-order valence-electron chi connectivity index (χ4n) is 1.05. The van der Waals surface area contributed by atoms with E-state index in [0.717, 1.165) is 0 Å². The third-order valence-electron chi connectivity index (χ3n) is 1.64. The van der Waals surface area contributed by atoms with Gasteiger partial charge in [-0.3, -0.25) is 4.98 Å². The highest BCUT2D eigenvalue weighted by molar-refractivity contribution is 5.61. The summed E-state index contributed by atoms with van der Waals surface area (Å²) in [6.45, 7) is 0. The highest BCUT2D eigenvalue weighted by Gasteiger charge is 2.03. The predicted octanol–water partition coefficient (Wildman–Crippen LogP) is 1.68. The van der Waals surface area contributed by atoms with Crippen molar-refractivity contribution in [3.63, 3.8) is 0 Å². The maximum atomic E-state index is 13.2. The van der Waals surface area contributed by atoms with Crippen molar-refractivity contribution in [3.8, 4) is 11.1 Å². The summed E-state index contributed by atoms with van der Waals surface area (Å²) >= 11 is 0. The molecular formula is C9H6FN3. The van der Waals surface area contributed by atoms with Gasteiger partial charge in [0.1, 0.15) is 12.1 Å². The van der Waals surface area contributed by atoms with Crippen LogP contribution < -0.4 is 0 Å². The molecule has 0 aliphatic heterocycles. The second kappa shape index (κ2) is 3.26. The molecule has 2 aromatic rings. The minimum atomic E-state index is -0.364. The lowest BCUT2D eigenvalue weighted by molar-refractivity contribution is 0.625. The van der Waals surface area contributed by atoms with Crippen LogP contribution in [0, 0.1) is 5.82 Å². The Morgan fingerprint density at radius 2 is 1.77 bits per heavy atom. The number of halogens is 1. The Kier molecular flexibility index (Phi) is 1.96. The monoisotopic (exact) mass is 175 g/mol. The molecule has 4 heteroatoms. The molecule has 2 heterocycles. The van der Waals surface area contributed by atoms with E-state index in [1.165, 1.54) is 18.7 Å². The van der Waals surface area contributed by atoms with E-state index < -0.39 is 0 Å². The van der Waals surface area contributed by atoms with E-state index in [-0.39, 0.29) is 5.82 Å². The Morgan fingerprint density at radius 1 is 1.00 bits per heavy atom. The van der Waals surface area contributed by atoms with Crippen molar-refractivity contribution in [3.05, 3.63) is 43.0 Å². The zero-order chi connectivity index (χ0) is 9.10. The van der Waals surface area contributed by atoms with E-state index >= 15 is 0 Å². The molecule has 0 saturated carbocycles. The van der Waals surface area contributed by atoms with Crippen molar-refractivity contribution in [2.45, 2.75) is 0 Å². The average molecular weight is 175 g/mol. The van der Waals surface area contributed by atoms with Crippen LogP contribution in [0.25, 0.3) is 11.1 Å². The van der Waals surface area contributed by atoms with Gasteiger partial charge in [-0.15, -0.1) is 0 Å². The molecule has 13 heavy (non-hydrogen) atoms. The van der Waals surface area contributed by atoms with E-state index in [9.17, 15) is 4.39 Å². The molecule has 2 rings (SSSR count). The van der Waals surface area contributed by atoms with Crippen LogP contribution in [0.5, 0.6) is 0 Å². The van der Waals surface area contributed by atoms with Gasteiger partial charge in [0.25, 0.3) is 0 Å². The normalized spacial score (nSPS) is 9.92. The number of hydrogen-bond acceptors (Lipinski definition) is 3. The molecular weight excluding hydrogens is 169 g/mol. The highest BCUT2D eigenvalue weighted by Crippen LogP contribution is 2.18. The molecule has 64 valence electrons. The Balaban J connectivity index is 2.54. The first-order chi connectivity index (χ1) is 6.38. The lowest BCUT2D eigenvalue weighted by Gasteiger charge is -1.99. The van der Waals surface area contributed by atoms with Gasteiger partial charge >= 0.3 is 0 Å². The van der Waals surface area contributed by atoms with Gasteiger partial charge in [-0.25, -0.2) is 14.4 Å². The summed E-state index contributed by atoms with van der Waals surface area (Å²) in [6, 6.07) is 1.59. The maximum Gasteiger partial charge on any atom is 0.149 e. The lowest BCUT2D eigenvalue weighted by atomic mass is 10.1. The Morgan fingerprint density at radius 3 is 2.46 bits per heavy atom. The number of pyridine rings is 1. The van der Waals surface area contributed by atoms with Crippen LogP contribution in [0.3, 0.4) is 0 Å². The zero-order valence-corrected chi connectivity index (χ0v) is 6.68. The molecule has 0 atom stereocenters. The van der Waals surface area contributed by atoms with E-state index in [4.69, 9.17) is 0 Å². The van der Waals surface area contributed by atoms with Gasteiger partial charge in [0.15, 0.2) is 0 Å². The number of nitrogens with zero attached hydrogens (tertiary/aromatic N) is 3. The van der Waals surface area contributed by atoms with Crippen LogP contribution in [-0.2, 0) is 0 Å². The second-order valence-corrected chi connectivity index (χ2v) is 2.48. The Labute approximate surface area is 74.3 Å². The first kappa shape index (κ1) is 7.79. The van der Waals surface area contributed by atoms with Crippen molar-refractivity contribution in [2.24, 2.45) is 0 Å². The van der Waals surface area contributed by atoms with Crippen molar-refractivity contribution in [1.82, 2.24) is 15.0 Å². The summed E-state index contributed by atoms with van der Waals surface area (Å²) in [4.78, 5) is 11.3. The van der Waals surface area contributed by atoms with E-state index in [1.807, 2.05) is 0 Å².